The zero-order valence-electron chi connectivity index (χ0n) is 13.0. The number of aliphatic imine (C=N–C) groups is 1. The van der Waals surface area contributed by atoms with Crippen LogP contribution in [0.5, 0.6) is 5.75 Å². The van der Waals surface area contributed by atoms with Crippen molar-refractivity contribution in [2.45, 2.75) is 44.6 Å². The van der Waals surface area contributed by atoms with Crippen LogP contribution in [0.25, 0.3) is 0 Å². The Kier molecular flexibility index (Phi) is 9.16. The number of para-hydroxylation sites is 1. The number of nitrogens with two attached hydrogens (primary N) is 1. The lowest BCUT2D eigenvalue weighted by Crippen LogP contribution is -2.41. The van der Waals surface area contributed by atoms with Crippen molar-refractivity contribution in [3.63, 3.8) is 0 Å². The molecule has 0 amide bonds. The van der Waals surface area contributed by atoms with Gasteiger partial charge < -0.3 is 15.8 Å². The third-order valence-electron chi connectivity index (χ3n) is 3.87. The molecular weight excluding hydrogens is 457 g/mol. The van der Waals surface area contributed by atoms with E-state index in [0.717, 1.165) is 22.2 Å². The first-order valence-electron chi connectivity index (χ1n) is 7.58. The van der Waals surface area contributed by atoms with Gasteiger partial charge in [0.15, 0.2) is 5.96 Å². The summed E-state index contributed by atoms with van der Waals surface area (Å²) in [5.74, 6) is 1.45. The Labute approximate surface area is 158 Å². The molecule has 1 fully saturated rings. The lowest BCUT2D eigenvalue weighted by Gasteiger charge is -2.23. The molecule has 0 aliphatic heterocycles. The molecule has 0 bridgehead atoms. The SMILES string of the molecule is COc1c(Br)cccc1CCN=C(N)NC1CCCCC1.I. The van der Waals surface area contributed by atoms with Crippen LogP contribution in [0, 0.1) is 0 Å². The predicted octanol–water partition coefficient (Wildman–Crippen LogP) is 3.86. The van der Waals surface area contributed by atoms with Crippen molar-refractivity contribution in [2.75, 3.05) is 13.7 Å². The van der Waals surface area contributed by atoms with E-state index in [1.54, 1.807) is 7.11 Å². The van der Waals surface area contributed by atoms with E-state index in [1.165, 1.54) is 32.1 Å². The van der Waals surface area contributed by atoms with Crippen LogP contribution in [-0.2, 0) is 6.42 Å². The second-order valence-corrected chi connectivity index (χ2v) is 6.28. The Morgan fingerprint density at radius 2 is 2.09 bits per heavy atom. The van der Waals surface area contributed by atoms with Crippen molar-refractivity contribution >= 4 is 45.9 Å². The van der Waals surface area contributed by atoms with Gasteiger partial charge in [0.2, 0.25) is 0 Å². The molecule has 0 radical (unpaired) electrons. The van der Waals surface area contributed by atoms with Gasteiger partial charge in [0.1, 0.15) is 5.75 Å². The molecule has 0 saturated heterocycles. The number of halogens is 2. The molecule has 2 rings (SSSR count). The number of methoxy groups -OCH3 is 1. The quantitative estimate of drug-likeness (QED) is 0.381. The van der Waals surface area contributed by atoms with Crippen LogP contribution < -0.4 is 15.8 Å². The molecule has 0 unspecified atom stereocenters. The summed E-state index contributed by atoms with van der Waals surface area (Å²) in [5, 5.41) is 3.33. The highest BCUT2D eigenvalue weighted by Gasteiger charge is 2.13. The minimum absolute atomic E-state index is 0. The fraction of sp³-hybridized carbons (Fsp3) is 0.562. The lowest BCUT2D eigenvalue weighted by molar-refractivity contribution is 0.407. The average molecular weight is 482 g/mol. The van der Waals surface area contributed by atoms with E-state index in [-0.39, 0.29) is 24.0 Å². The third-order valence-corrected chi connectivity index (χ3v) is 4.50. The summed E-state index contributed by atoms with van der Waals surface area (Å²) in [6.07, 6.45) is 7.15. The fourth-order valence-electron chi connectivity index (χ4n) is 2.78. The molecule has 4 nitrogen and oxygen atoms in total. The van der Waals surface area contributed by atoms with Gasteiger partial charge in [-0.3, -0.25) is 4.99 Å². The van der Waals surface area contributed by atoms with E-state index in [1.807, 2.05) is 12.1 Å². The number of benzene rings is 1. The van der Waals surface area contributed by atoms with Crippen molar-refractivity contribution in [1.29, 1.82) is 0 Å². The van der Waals surface area contributed by atoms with Crippen LogP contribution in [0.1, 0.15) is 37.7 Å². The molecule has 3 N–H and O–H groups in total. The maximum atomic E-state index is 5.97. The van der Waals surface area contributed by atoms with Crippen molar-refractivity contribution in [1.82, 2.24) is 5.32 Å². The topological polar surface area (TPSA) is 59.6 Å². The molecule has 1 aromatic rings. The molecular formula is C16H25BrIN3O. The molecule has 6 heteroatoms. The van der Waals surface area contributed by atoms with Gasteiger partial charge in [-0.2, -0.15) is 0 Å². The van der Waals surface area contributed by atoms with Crippen molar-refractivity contribution in [2.24, 2.45) is 10.7 Å². The first kappa shape index (κ1) is 19.5. The van der Waals surface area contributed by atoms with Gasteiger partial charge in [0.05, 0.1) is 11.6 Å². The highest BCUT2D eigenvalue weighted by molar-refractivity contribution is 14.0. The lowest BCUT2D eigenvalue weighted by atomic mass is 9.96. The van der Waals surface area contributed by atoms with E-state index in [4.69, 9.17) is 10.5 Å². The summed E-state index contributed by atoms with van der Waals surface area (Å²) in [6, 6.07) is 6.55. The molecule has 0 spiro atoms. The fourth-order valence-corrected chi connectivity index (χ4v) is 3.35. The molecule has 1 aliphatic rings. The van der Waals surface area contributed by atoms with E-state index in [0.29, 0.717) is 18.5 Å². The van der Waals surface area contributed by atoms with Crippen LogP contribution in [0.2, 0.25) is 0 Å². The van der Waals surface area contributed by atoms with Crippen molar-refractivity contribution in [3.8, 4) is 5.75 Å². The Balaban J connectivity index is 0.00000242. The summed E-state index contributed by atoms with van der Waals surface area (Å²) < 4.78 is 6.38. The summed E-state index contributed by atoms with van der Waals surface area (Å²) in [7, 11) is 1.69. The van der Waals surface area contributed by atoms with E-state index < -0.39 is 0 Å². The van der Waals surface area contributed by atoms with E-state index in [9.17, 15) is 0 Å². The Hall–Kier alpha value is -0.500. The van der Waals surface area contributed by atoms with E-state index in [2.05, 4.69) is 32.3 Å². The number of nitrogens with zero attached hydrogens (tertiary/aromatic N) is 1. The molecule has 0 atom stereocenters. The first-order valence-corrected chi connectivity index (χ1v) is 8.38. The summed E-state index contributed by atoms with van der Waals surface area (Å²) in [6.45, 7) is 0.665. The molecule has 124 valence electrons. The Morgan fingerprint density at radius 1 is 1.36 bits per heavy atom. The molecule has 0 aromatic heterocycles. The second-order valence-electron chi connectivity index (χ2n) is 5.43. The van der Waals surface area contributed by atoms with Crippen LogP contribution in [0.15, 0.2) is 27.7 Å². The largest absolute Gasteiger partial charge is 0.495 e. The van der Waals surface area contributed by atoms with Crippen molar-refractivity contribution < 1.29 is 4.74 Å². The number of nitrogens with one attached hydrogen (secondary N) is 1. The van der Waals surface area contributed by atoms with Gasteiger partial charge >= 0.3 is 0 Å². The standard InChI is InChI=1S/C16H24BrN3O.HI/c1-21-15-12(6-5-9-14(15)17)10-11-19-16(18)20-13-7-3-2-4-8-13;/h5-6,9,13H,2-4,7-8,10-11H2,1H3,(H3,18,19,20);1H. The van der Waals surface area contributed by atoms with Crippen molar-refractivity contribution in [3.05, 3.63) is 28.2 Å². The third kappa shape index (κ3) is 5.95. The number of hydrogen-bond donors (Lipinski definition) is 2. The molecule has 1 aromatic carbocycles. The number of guanidine groups is 1. The zero-order valence-corrected chi connectivity index (χ0v) is 16.9. The van der Waals surface area contributed by atoms with Crippen LogP contribution in [0.3, 0.4) is 0 Å². The highest BCUT2D eigenvalue weighted by atomic mass is 127. The minimum atomic E-state index is 0. The Bertz CT molecular complexity index is 490. The molecule has 1 aliphatic carbocycles. The Morgan fingerprint density at radius 3 is 2.77 bits per heavy atom. The average Bonchev–Trinajstić information content (AvgIpc) is 2.48. The van der Waals surface area contributed by atoms with Crippen LogP contribution >= 0.6 is 39.9 Å². The predicted molar refractivity (Wildman–Crippen MR) is 106 cm³/mol. The number of ether oxygens (including phenoxy) is 1. The van der Waals surface area contributed by atoms with Gasteiger partial charge in [-0.15, -0.1) is 24.0 Å². The molecule has 0 heterocycles. The van der Waals surface area contributed by atoms with Crippen LogP contribution in [0.4, 0.5) is 0 Å². The van der Waals surface area contributed by atoms with Gasteiger partial charge in [0.25, 0.3) is 0 Å². The summed E-state index contributed by atoms with van der Waals surface area (Å²) >= 11 is 3.50. The monoisotopic (exact) mass is 481 g/mol. The summed E-state index contributed by atoms with van der Waals surface area (Å²) in [4.78, 5) is 4.43. The normalized spacial score (nSPS) is 16.0. The zero-order chi connectivity index (χ0) is 15.1. The van der Waals surface area contributed by atoms with E-state index >= 15 is 0 Å². The van der Waals surface area contributed by atoms with Gasteiger partial charge in [-0.25, -0.2) is 0 Å². The number of rotatable bonds is 5. The van der Waals surface area contributed by atoms with Gasteiger partial charge in [-0.05, 0) is 46.8 Å². The minimum Gasteiger partial charge on any atom is -0.495 e. The maximum absolute atomic E-state index is 5.97. The summed E-state index contributed by atoms with van der Waals surface area (Å²) in [5.41, 5.74) is 7.11. The number of hydrogen-bond acceptors (Lipinski definition) is 2. The smallest absolute Gasteiger partial charge is 0.188 e. The highest BCUT2D eigenvalue weighted by Crippen LogP contribution is 2.28. The first-order chi connectivity index (χ1) is 10.2. The maximum Gasteiger partial charge on any atom is 0.188 e. The molecule has 22 heavy (non-hydrogen) atoms. The second kappa shape index (κ2) is 10.3. The van der Waals surface area contributed by atoms with Gasteiger partial charge in [-0.1, -0.05) is 31.4 Å². The van der Waals surface area contributed by atoms with Crippen LogP contribution in [-0.4, -0.2) is 25.7 Å². The van der Waals surface area contributed by atoms with Gasteiger partial charge in [0, 0.05) is 12.6 Å². The molecule has 1 saturated carbocycles.